The third-order valence-electron chi connectivity index (χ3n) is 3.01. The third-order valence-corrected chi connectivity index (χ3v) is 4.62. The zero-order valence-corrected chi connectivity index (χ0v) is 14.2. The SMILES string of the molecule is CCSCCC(C)n1c(CCl)nc2cc(Br)cnc21. The number of nitrogens with zero attached hydrogens (tertiary/aromatic N) is 3. The van der Waals surface area contributed by atoms with E-state index < -0.39 is 0 Å². The van der Waals surface area contributed by atoms with Crippen LogP contribution in [0.3, 0.4) is 0 Å². The predicted octanol–water partition coefficient (Wildman–Crippen LogP) is 4.64. The van der Waals surface area contributed by atoms with E-state index in [0.717, 1.165) is 39.4 Å². The van der Waals surface area contributed by atoms with Crippen LogP contribution in [-0.4, -0.2) is 26.0 Å². The Labute approximate surface area is 131 Å². The molecule has 6 heteroatoms. The molecule has 1 unspecified atom stereocenters. The number of halogens is 2. The highest BCUT2D eigenvalue weighted by Crippen LogP contribution is 2.25. The van der Waals surface area contributed by atoms with Crippen molar-refractivity contribution >= 4 is 50.5 Å². The molecule has 2 heterocycles. The summed E-state index contributed by atoms with van der Waals surface area (Å²) in [7, 11) is 0. The highest BCUT2D eigenvalue weighted by Gasteiger charge is 2.16. The monoisotopic (exact) mass is 361 g/mol. The van der Waals surface area contributed by atoms with Crippen molar-refractivity contribution in [3.05, 3.63) is 22.6 Å². The van der Waals surface area contributed by atoms with Gasteiger partial charge in [0.05, 0.1) is 5.88 Å². The number of aromatic nitrogens is 3. The summed E-state index contributed by atoms with van der Waals surface area (Å²) in [5, 5.41) is 0. The Kier molecular flexibility index (Phi) is 5.54. The van der Waals surface area contributed by atoms with E-state index in [1.165, 1.54) is 0 Å². The lowest BCUT2D eigenvalue weighted by Gasteiger charge is -2.16. The number of hydrogen-bond donors (Lipinski definition) is 0. The molecule has 0 radical (unpaired) electrons. The van der Waals surface area contributed by atoms with E-state index in [1.54, 1.807) is 0 Å². The largest absolute Gasteiger partial charge is 0.309 e. The lowest BCUT2D eigenvalue weighted by atomic mass is 10.2. The van der Waals surface area contributed by atoms with Crippen molar-refractivity contribution in [2.24, 2.45) is 0 Å². The van der Waals surface area contributed by atoms with Crippen molar-refractivity contribution in [3.63, 3.8) is 0 Å². The van der Waals surface area contributed by atoms with Gasteiger partial charge < -0.3 is 4.57 Å². The molecular weight excluding hydrogens is 346 g/mol. The first-order valence-corrected chi connectivity index (χ1v) is 8.81. The van der Waals surface area contributed by atoms with E-state index in [1.807, 2.05) is 24.0 Å². The lowest BCUT2D eigenvalue weighted by Crippen LogP contribution is -2.10. The molecule has 0 aliphatic carbocycles. The molecule has 2 aromatic heterocycles. The molecule has 0 aliphatic rings. The van der Waals surface area contributed by atoms with Crippen LogP contribution in [0.1, 0.15) is 32.1 Å². The standard InChI is InChI=1S/C13H17BrClN3S/c1-3-19-5-4-9(2)18-12(7-15)17-11-6-10(14)8-16-13(11)18/h6,8-9H,3-5,7H2,1-2H3. The number of alkyl halides is 1. The molecule has 0 amide bonds. The maximum Gasteiger partial charge on any atom is 0.160 e. The van der Waals surface area contributed by atoms with Crippen LogP contribution >= 0.6 is 39.3 Å². The van der Waals surface area contributed by atoms with Crippen LogP contribution in [0.15, 0.2) is 16.7 Å². The van der Waals surface area contributed by atoms with Crippen molar-refractivity contribution in [1.82, 2.24) is 14.5 Å². The van der Waals surface area contributed by atoms with Gasteiger partial charge in [-0.1, -0.05) is 6.92 Å². The summed E-state index contributed by atoms with van der Waals surface area (Å²) in [6.45, 7) is 4.39. The van der Waals surface area contributed by atoms with Gasteiger partial charge in [-0.25, -0.2) is 9.97 Å². The number of rotatable bonds is 6. The van der Waals surface area contributed by atoms with Crippen LogP contribution in [0.25, 0.3) is 11.2 Å². The normalized spacial score (nSPS) is 13.1. The molecule has 104 valence electrons. The maximum absolute atomic E-state index is 6.02. The van der Waals surface area contributed by atoms with Crippen molar-refractivity contribution in [3.8, 4) is 0 Å². The minimum Gasteiger partial charge on any atom is -0.309 e. The highest BCUT2D eigenvalue weighted by atomic mass is 79.9. The van der Waals surface area contributed by atoms with Crippen molar-refractivity contribution < 1.29 is 0 Å². The number of pyridine rings is 1. The first-order chi connectivity index (χ1) is 9.17. The van der Waals surface area contributed by atoms with Crippen molar-refractivity contribution in [2.45, 2.75) is 32.2 Å². The maximum atomic E-state index is 6.02. The lowest BCUT2D eigenvalue weighted by molar-refractivity contribution is 0.530. The molecule has 19 heavy (non-hydrogen) atoms. The van der Waals surface area contributed by atoms with E-state index >= 15 is 0 Å². The van der Waals surface area contributed by atoms with E-state index in [9.17, 15) is 0 Å². The molecule has 0 spiro atoms. The van der Waals surface area contributed by atoms with Gasteiger partial charge >= 0.3 is 0 Å². The van der Waals surface area contributed by atoms with E-state index in [0.29, 0.717) is 11.9 Å². The molecule has 0 bridgehead atoms. The number of imidazole rings is 1. The molecule has 0 N–H and O–H groups in total. The van der Waals surface area contributed by atoms with Crippen LogP contribution in [0.4, 0.5) is 0 Å². The van der Waals surface area contributed by atoms with Gasteiger partial charge in [-0.15, -0.1) is 11.6 Å². The summed E-state index contributed by atoms with van der Waals surface area (Å²) in [5.41, 5.74) is 1.83. The third kappa shape index (κ3) is 3.44. The average Bonchev–Trinajstić information content (AvgIpc) is 2.76. The van der Waals surface area contributed by atoms with Crippen LogP contribution in [0.5, 0.6) is 0 Å². The van der Waals surface area contributed by atoms with Crippen molar-refractivity contribution in [2.75, 3.05) is 11.5 Å². The van der Waals surface area contributed by atoms with Gasteiger partial charge in [0, 0.05) is 16.7 Å². The topological polar surface area (TPSA) is 30.7 Å². The molecular formula is C13H17BrClN3S. The van der Waals surface area contributed by atoms with Gasteiger partial charge in [-0.05, 0) is 46.8 Å². The summed E-state index contributed by atoms with van der Waals surface area (Å²) in [6, 6.07) is 2.36. The predicted molar refractivity (Wildman–Crippen MR) is 87.1 cm³/mol. The Balaban J connectivity index is 2.34. The van der Waals surface area contributed by atoms with Crippen LogP contribution in [-0.2, 0) is 5.88 Å². The molecule has 0 fully saturated rings. The minimum atomic E-state index is 0.367. The Hall–Kier alpha value is -0.260. The second-order valence-electron chi connectivity index (χ2n) is 4.36. The fourth-order valence-corrected chi connectivity index (χ4v) is 3.39. The Morgan fingerprint density at radius 1 is 1.53 bits per heavy atom. The second kappa shape index (κ2) is 6.95. The number of fused-ring (bicyclic) bond motifs is 1. The van der Waals surface area contributed by atoms with Gasteiger partial charge in [-0.3, -0.25) is 0 Å². The molecule has 0 saturated carbocycles. The molecule has 0 aromatic carbocycles. The first-order valence-electron chi connectivity index (χ1n) is 6.33. The Morgan fingerprint density at radius 3 is 3.00 bits per heavy atom. The number of hydrogen-bond acceptors (Lipinski definition) is 3. The summed E-state index contributed by atoms with van der Waals surface area (Å²) in [5.74, 6) is 3.62. The minimum absolute atomic E-state index is 0.367. The quantitative estimate of drug-likeness (QED) is 0.554. The Morgan fingerprint density at radius 2 is 2.32 bits per heavy atom. The summed E-state index contributed by atoms with van der Waals surface area (Å²) in [4.78, 5) is 9.06. The Bertz CT molecular complexity index is 558. The zero-order chi connectivity index (χ0) is 13.8. The molecule has 2 rings (SSSR count). The summed E-state index contributed by atoms with van der Waals surface area (Å²) >= 11 is 11.4. The highest BCUT2D eigenvalue weighted by molar-refractivity contribution is 9.10. The van der Waals surface area contributed by atoms with Gasteiger partial charge in [0.1, 0.15) is 11.3 Å². The molecule has 3 nitrogen and oxygen atoms in total. The van der Waals surface area contributed by atoms with E-state index in [-0.39, 0.29) is 0 Å². The zero-order valence-electron chi connectivity index (χ0n) is 11.1. The van der Waals surface area contributed by atoms with Crippen LogP contribution in [0.2, 0.25) is 0 Å². The van der Waals surface area contributed by atoms with E-state index in [4.69, 9.17) is 11.6 Å². The van der Waals surface area contributed by atoms with Gasteiger partial charge in [0.2, 0.25) is 0 Å². The smallest absolute Gasteiger partial charge is 0.160 e. The summed E-state index contributed by atoms with van der Waals surface area (Å²) in [6.07, 6.45) is 2.91. The molecule has 1 atom stereocenters. The fourth-order valence-electron chi connectivity index (χ4n) is 2.09. The average molecular weight is 363 g/mol. The van der Waals surface area contributed by atoms with Crippen LogP contribution < -0.4 is 0 Å². The van der Waals surface area contributed by atoms with Crippen LogP contribution in [0, 0.1) is 0 Å². The van der Waals surface area contributed by atoms with E-state index in [2.05, 4.69) is 44.3 Å². The molecule has 2 aromatic rings. The summed E-state index contributed by atoms with van der Waals surface area (Å²) < 4.78 is 3.12. The molecule has 0 saturated heterocycles. The molecule has 0 aliphatic heterocycles. The number of thioether (sulfide) groups is 1. The van der Waals surface area contributed by atoms with Crippen molar-refractivity contribution in [1.29, 1.82) is 0 Å². The van der Waals surface area contributed by atoms with Gasteiger partial charge in [-0.2, -0.15) is 11.8 Å². The first kappa shape index (κ1) is 15.1. The van der Waals surface area contributed by atoms with Gasteiger partial charge in [0.25, 0.3) is 0 Å². The van der Waals surface area contributed by atoms with Gasteiger partial charge in [0.15, 0.2) is 5.65 Å². The fraction of sp³-hybridized carbons (Fsp3) is 0.538. The second-order valence-corrected chi connectivity index (χ2v) is 6.94.